The van der Waals surface area contributed by atoms with E-state index in [1.165, 1.54) is 12.3 Å². The lowest BCUT2D eigenvalue weighted by Gasteiger charge is -2.44. The average Bonchev–Trinajstić information content (AvgIpc) is 3.83. The number of hydrogen-bond acceptors (Lipinski definition) is 10. The van der Waals surface area contributed by atoms with E-state index in [4.69, 9.17) is 19.8 Å². The Morgan fingerprint density at radius 1 is 1.10 bits per heavy atom. The van der Waals surface area contributed by atoms with Crippen LogP contribution in [0.4, 0.5) is 24.7 Å². The van der Waals surface area contributed by atoms with Crippen molar-refractivity contribution in [2.24, 2.45) is 5.41 Å². The highest BCUT2D eigenvalue weighted by molar-refractivity contribution is 5.91. The number of pyridine rings is 2. The summed E-state index contributed by atoms with van der Waals surface area (Å²) >= 11 is 0. The van der Waals surface area contributed by atoms with Crippen molar-refractivity contribution in [3.05, 3.63) is 42.0 Å². The molecular weight excluding hydrogens is 651 g/mol. The quantitative estimate of drug-likeness (QED) is 0.192. The molecule has 1 atom stereocenters. The smallest absolute Gasteiger partial charge is 0.418 e. The first-order valence-electron chi connectivity index (χ1n) is 17.1. The van der Waals surface area contributed by atoms with Crippen LogP contribution in [-0.2, 0) is 15.7 Å². The molecule has 0 aromatic carbocycles. The number of alkyl halides is 3. The van der Waals surface area contributed by atoms with Crippen LogP contribution >= 0.6 is 0 Å². The van der Waals surface area contributed by atoms with Crippen molar-refractivity contribution in [3.8, 4) is 22.8 Å². The molecule has 12 nitrogen and oxygen atoms in total. The minimum absolute atomic E-state index is 0.0143. The van der Waals surface area contributed by atoms with Crippen LogP contribution in [0.5, 0.6) is 0 Å². The van der Waals surface area contributed by atoms with Crippen LogP contribution in [-0.4, -0.2) is 105 Å². The van der Waals surface area contributed by atoms with Gasteiger partial charge in [0.1, 0.15) is 17.0 Å². The molecule has 0 unspecified atom stereocenters. The highest BCUT2D eigenvalue weighted by atomic mass is 19.4. The molecule has 0 radical (unpaired) electrons. The number of hydrogen-bond donors (Lipinski definition) is 2. The van der Waals surface area contributed by atoms with E-state index in [1.54, 1.807) is 19.5 Å². The molecule has 0 bridgehead atoms. The summed E-state index contributed by atoms with van der Waals surface area (Å²) in [6.45, 7) is 6.00. The Labute approximate surface area is 288 Å². The van der Waals surface area contributed by atoms with Crippen molar-refractivity contribution in [1.29, 1.82) is 0 Å². The molecule has 4 aromatic heterocycles. The van der Waals surface area contributed by atoms with Gasteiger partial charge in [-0.25, -0.2) is 19.9 Å². The van der Waals surface area contributed by atoms with Crippen LogP contribution in [0.25, 0.3) is 33.9 Å². The van der Waals surface area contributed by atoms with Crippen LogP contribution < -0.4 is 9.80 Å². The third-order valence-electron chi connectivity index (χ3n) is 10.4. The number of carboxylic acids is 1. The van der Waals surface area contributed by atoms with E-state index in [9.17, 15) is 18.0 Å². The number of fused-ring (bicyclic) bond motifs is 1. The lowest BCUT2D eigenvalue weighted by Crippen LogP contribution is -2.52. The predicted octanol–water partition coefficient (Wildman–Crippen LogP) is 5.61. The van der Waals surface area contributed by atoms with Gasteiger partial charge in [0.05, 0.1) is 48.1 Å². The normalized spacial score (nSPS) is 19.5. The molecule has 2 N–H and O–H groups in total. The first kappa shape index (κ1) is 34.1. The van der Waals surface area contributed by atoms with E-state index in [-0.39, 0.29) is 35.1 Å². The van der Waals surface area contributed by atoms with Gasteiger partial charge in [0.15, 0.2) is 11.5 Å². The number of H-pyrrole nitrogens is 1. The van der Waals surface area contributed by atoms with Crippen LogP contribution in [0.3, 0.4) is 0 Å². The van der Waals surface area contributed by atoms with Gasteiger partial charge in [-0.3, -0.25) is 14.7 Å². The molecule has 4 aromatic rings. The molecule has 7 rings (SSSR count). The summed E-state index contributed by atoms with van der Waals surface area (Å²) in [5.74, 6) is 0.191. The largest absolute Gasteiger partial charge is 0.481 e. The number of carboxylic acid groups (broad SMARTS) is 1. The number of anilines is 2. The number of nitrogens with zero attached hydrogens (tertiary/aromatic N) is 8. The van der Waals surface area contributed by atoms with E-state index in [2.05, 4.69) is 41.6 Å². The van der Waals surface area contributed by atoms with Crippen LogP contribution in [0.15, 0.2) is 30.7 Å². The molecule has 5 heterocycles. The monoisotopic (exact) mass is 693 g/mol. The Morgan fingerprint density at radius 3 is 2.52 bits per heavy atom. The van der Waals surface area contributed by atoms with E-state index >= 15 is 0 Å². The van der Waals surface area contributed by atoms with Crippen molar-refractivity contribution in [3.63, 3.8) is 0 Å². The standard InChI is InChI=1S/C35H42F3N9O3/c1-21-18-47(12-11-46(21)10-7-29(48)49)28-17-39-26(16-40-28)32-43-31-27(45(2)19-34(20-50-3)8-4-9-34)14-25(42-33(31)44-32)23-13-24(35(36,37)38)30(41-15-23)22-5-6-22/h13-17,21-22H,4-12,18-20H2,1-3H3,(H,48,49)(H,42,43,44)/t21-/m0/s1. The highest BCUT2D eigenvalue weighted by Crippen LogP contribution is 2.46. The number of halogens is 3. The van der Waals surface area contributed by atoms with Gasteiger partial charge >= 0.3 is 12.1 Å². The summed E-state index contributed by atoms with van der Waals surface area (Å²) in [5.41, 5.74) is 2.26. The van der Waals surface area contributed by atoms with Crippen LogP contribution in [0.2, 0.25) is 0 Å². The SMILES string of the molecule is COCC1(CN(C)c2cc(-c3cnc(C4CC4)c(C(F)(F)F)c3)nc3nc(-c4cnc(N5CCN(CCC(=O)O)[C@@H](C)C5)cn4)[nH]c23)CCC1. The molecule has 2 aliphatic carbocycles. The zero-order chi connectivity index (χ0) is 35.2. The average molecular weight is 694 g/mol. The number of rotatable bonds is 12. The molecule has 3 aliphatic rings. The van der Waals surface area contributed by atoms with Crippen LogP contribution in [0, 0.1) is 5.41 Å². The second-order valence-corrected chi connectivity index (χ2v) is 14.1. The number of aromatic amines is 1. The van der Waals surface area contributed by atoms with Gasteiger partial charge in [-0.05, 0) is 44.7 Å². The second-order valence-electron chi connectivity index (χ2n) is 14.1. The van der Waals surface area contributed by atoms with Crippen molar-refractivity contribution >= 4 is 28.6 Å². The second kappa shape index (κ2) is 13.4. The van der Waals surface area contributed by atoms with Gasteiger partial charge in [0.25, 0.3) is 0 Å². The van der Waals surface area contributed by atoms with Crippen molar-refractivity contribution in [2.45, 2.75) is 63.6 Å². The summed E-state index contributed by atoms with van der Waals surface area (Å²) in [4.78, 5) is 44.0. The first-order chi connectivity index (χ1) is 23.9. The fraction of sp³-hybridized carbons (Fsp3) is 0.543. The van der Waals surface area contributed by atoms with Crippen molar-refractivity contribution in [1.82, 2.24) is 34.8 Å². The fourth-order valence-corrected chi connectivity index (χ4v) is 7.37. The van der Waals surface area contributed by atoms with Crippen LogP contribution in [0.1, 0.15) is 62.6 Å². The number of methoxy groups -OCH3 is 1. The molecule has 1 aliphatic heterocycles. The Bertz CT molecular complexity index is 1860. The predicted molar refractivity (Wildman–Crippen MR) is 182 cm³/mol. The van der Waals surface area contributed by atoms with Gasteiger partial charge in [0.2, 0.25) is 0 Å². The number of ether oxygens (including phenoxy) is 1. The van der Waals surface area contributed by atoms with Gasteiger partial charge in [-0.2, -0.15) is 13.2 Å². The molecule has 0 spiro atoms. The molecule has 15 heteroatoms. The number of aromatic nitrogens is 6. The summed E-state index contributed by atoms with van der Waals surface area (Å²) in [7, 11) is 3.68. The number of aliphatic carboxylic acids is 1. The summed E-state index contributed by atoms with van der Waals surface area (Å²) in [6.07, 6.45) is 5.01. The molecule has 3 fully saturated rings. The molecule has 2 saturated carbocycles. The Morgan fingerprint density at radius 2 is 1.90 bits per heavy atom. The Hall–Kier alpha value is -4.37. The highest BCUT2D eigenvalue weighted by Gasteiger charge is 2.40. The molecule has 1 saturated heterocycles. The molecule has 266 valence electrons. The maximum Gasteiger partial charge on any atom is 0.418 e. The zero-order valence-electron chi connectivity index (χ0n) is 28.5. The molecule has 50 heavy (non-hydrogen) atoms. The summed E-state index contributed by atoms with van der Waals surface area (Å²) in [6, 6.07) is 3.14. The van der Waals surface area contributed by atoms with Gasteiger partial charge < -0.3 is 24.6 Å². The van der Waals surface area contributed by atoms with Gasteiger partial charge in [-0.15, -0.1) is 0 Å². The zero-order valence-corrected chi connectivity index (χ0v) is 28.5. The Kier molecular flexibility index (Phi) is 9.14. The number of piperazine rings is 1. The van der Waals surface area contributed by atoms with Gasteiger partial charge in [-0.1, -0.05) is 6.42 Å². The fourth-order valence-electron chi connectivity index (χ4n) is 7.37. The van der Waals surface area contributed by atoms with Crippen molar-refractivity contribution < 1.29 is 27.8 Å². The molecule has 0 amide bonds. The topological polar surface area (TPSA) is 136 Å². The third-order valence-corrected chi connectivity index (χ3v) is 10.4. The third kappa shape index (κ3) is 6.97. The minimum Gasteiger partial charge on any atom is -0.481 e. The number of nitrogens with one attached hydrogen (secondary N) is 1. The first-order valence-corrected chi connectivity index (χ1v) is 17.1. The lowest BCUT2D eigenvalue weighted by atomic mass is 9.69. The van der Waals surface area contributed by atoms with Crippen molar-refractivity contribution in [2.75, 3.05) is 63.3 Å². The Balaban J connectivity index is 1.21. The van der Waals surface area contributed by atoms with E-state index in [0.717, 1.165) is 31.5 Å². The van der Waals surface area contributed by atoms with E-state index < -0.39 is 17.7 Å². The maximum absolute atomic E-state index is 14.2. The minimum atomic E-state index is -4.53. The van der Waals surface area contributed by atoms with E-state index in [1.807, 2.05) is 13.1 Å². The maximum atomic E-state index is 14.2. The number of carbonyl (C=O) groups is 1. The summed E-state index contributed by atoms with van der Waals surface area (Å²) in [5, 5.41) is 9.06. The molecular formula is C35H42F3N9O3. The number of imidazole rings is 1. The van der Waals surface area contributed by atoms with Gasteiger partial charge in [0, 0.05) is 76.0 Å². The summed E-state index contributed by atoms with van der Waals surface area (Å²) < 4.78 is 48.2. The lowest BCUT2D eigenvalue weighted by molar-refractivity contribution is -0.139. The van der Waals surface area contributed by atoms with E-state index in [0.29, 0.717) is 79.8 Å².